The summed E-state index contributed by atoms with van der Waals surface area (Å²) in [7, 11) is -3.13. The zero-order chi connectivity index (χ0) is 20.1. The van der Waals surface area contributed by atoms with Crippen molar-refractivity contribution in [3.8, 4) is 17.1 Å². The van der Waals surface area contributed by atoms with Crippen molar-refractivity contribution in [2.75, 3.05) is 25.4 Å². The van der Waals surface area contributed by atoms with Crippen LogP contribution < -0.4 is 4.74 Å². The Morgan fingerprint density at radius 3 is 2.54 bits per heavy atom. The molecule has 152 valence electrons. The Kier molecular flexibility index (Phi) is 6.58. The average Bonchev–Trinajstić information content (AvgIpc) is 2.73. The van der Waals surface area contributed by atoms with E-state index in [0.717, 1.165) is 12.8 Å². The lowest BCUT2D eigenvalue weighted by molar-refractivity contribution is 0.176. The van der Waals surface area contributed by atoms with Crippen molar-refractivity contribution in [2.45, 2.75) is 26.4 Å². The minimum atomic E-state index is -3.13. The molecule has 28 heavy (non-hydrogen) atoms. The van der Waals surface area contributed by atoms with Gasteiger partial charge < -0.3 is 9.84 Å². The molecule has 1 aromatic heterocycles. The molecule has 2 aromatic rings. The SMILES string of the molecule is CCS(=O)(=O)N1CCC(COc2ncc(-c3cccc(CO)c3F)cn2)CC1. The van der Waals surface area contributed by atoms with E-state index in [9.17, 15) is 17.9 Å². The highest BCUT2D eigenvalue weighted by molar-refractivity contribution is 7.89. The summed E-state index contributed by atoms with van der Waals surface area (Å²) in [5.74, 6) is -0.128. The van der Waals surface area contributed by atoms with Crippen LogP contribution in [0, 0.1) is 11.7 Å². The van der Waals surface area contributed by atoms with E-state index < -0.39 is 15.8 Å². The summed E-state index contributed by atoms with van der Waals surface area (Å²) in [6, 6.07) is 4.99. The smallest absolute Gasteiger partial charge is 0.316 e. The Labute approximate surface area is 164 Å². The van der Waals surface area contributed by atoms with E-state index in [2.05, 4.69) is 9.97 Å². The van der Waals surface area contributed by atoms with Crippen molar-refractivity contribution < 1.29 is 22.7 Å². The number of hydrogen-bond acceptors (Lipinski definition) is 6. The lowest BCUT2D eigenvalue weighted by atomic mass is 9.99. The fourth-order valence-electron chi connectivity index (χ4n) is 3.18. The molecule has 2 heterocycles. The number of aliphatic hydroxyl groups is 1. The molecule has 0 aliphatic carbocycles. The molecule has 1 saturated heterocycles. The summed E-state index contributed by atoms with van der Waals surface area (Å²) in [5, 5.41) is 9.18. The molecule has 1 N–H and O–H groups in total. The second-order valence-corrected chi connectivity index (χ2v) is 9.00. The first kappa shape index (κ1) is 20.6. The Balaban J connectivity index is 1.56. The van der Waals surface area contributed by atoms with Gasteiger partial charge in [0, 0.05) is 42.2 Å². The summed E-state index contributed by atoms with van der Waals surface area (Å²) >= 11 is 0. The van der Waals surface area contributed by atoms with Gasteiger partial charge >= 0.3 is 6.01 Å². The highest BCUT2D eigenvalue weighted by atomic mass is 32.2. The van der Waals surface area contributed by atoms with Crippen LogP contribution >= 0.6 is 0 Å². The molecule has 0 unspecified atom stereocenters. The van der Waals surface area contributed by atoms with Gasteiger partial charge in [0.1, 0.15) is 5.82 Å². The molecule has 0 atom stereocenters. The first-order valence-corrected chi connectivity index (χ1v) is 10.9. The number of aliphatic hydroxyl groups excluding tert-OH is 1. The quantitative estimate of drug-likeness (QED) is 0.754. The van der Waals surface area contributed by atoms with Crippen LogP contribution in [0.3, 0.4) is 0 Å². The van der Waals surface area contributed by atoms with Gasteiger partial charge in [-0.3, -0.25) is 0 Å². The molecule has 1 fully saturated rings. The number of hydrogen-bond donors (Lipinski definition) is 1. The van der Waals surface area contributed by atoms with Gasteiger partial charge in [0.05, 0.1) is 19.0 Å². The third kappa shape index (κ3) is 4.65. The minimum Gasteiger partial charge on any atom is -0.463 e. The van der Waals surface area contributed by atoms with Gasteiger partial charge in [-0.25, -0.2) is 27.1 Å². The molecule has 0 radical (unpaired) electrons. The maximum Gasteiger partial charge on any atom is 0.316 e. The van der Waals surface area contributed by atoms with Crippen LogP contribution in [0.1, 0.15) is 25.3 Å². The van der Waals surface area contributed by atoms with Crippen LogP contribution in [-0.2, 0) is 16.6 Å². The Morgan fingerprint density at radius 1 is 1.25 bits per heavy atom. The maximum absolute atomic E-state index is 14.3. The van der Waals surface area contributed by atoms with E-state index >= 15 is 0 Å². The van der Waals surface area contributed by atoms with Crippen molar-refractivity contribution in [3.63, 3.8) is 0 Å². The summed E-state index contributed by atoms with van der Waals surface area (Å²) in [5.41, 5.74) is 1.04. The number of halogens is 1. The molecule has 3 rings (SSSR count). The molecular weight excluding hydrogens is 385 g/mol. The van der Waals surface area contributed by atoms with E-state index in [1.807, 2.05) is 0 Å². The van der Waals surface area contributed by atoms with Crippen molar-refractivity contribution in [3.05, 3.63) is 42.0 Å². The second kappa shape index (κ2) is 8.93. The molecule has 1 aliphatic rings. The van der Waals surface area contributed by atoms with Crippen LogP contribution in [0.25, 0.3) is 11.1 Å². The molecule has 0 amide bonds. The Bertz CT molecular complexity index is 898. The number of nitrogens with zero attached hydrogens (tertiary/aromatic N) is 3. The fourth-order valence-corrected chi connectivity index (χ4v) is 4.32. The summed E-state index contributed by atoms with van der Waals surface area (Å²) < 4.78 is 45.2. The minimum absolute atomic E-state index is 0.121. The second-order valence-electron chi connectivity index (χ2n) is 6.75. The van der Waals surface area contributed by atoms with Gasteiger partial charge in [-0.15, -0.1) is 0 Å². The number of benzene rings is 1. The van der Waals surface area contributed by atoms with Crippen molar-refractivity contribution >= 4 is 10.0 Å². The van der Waals surface area contributed by atoms with Gasteiger partial charge in [0.2, 0.25) is 10.0 Å². The molecule has 9 heteroatoms. The summed E-state index contributed by atoms with van der Waals surface area (Å²) in [4.78, 5) is 8.27. The van der Waals surface area contributed by atoms with E-state index in [4.69, 9.17) is 4.74 Å². The van der Waals surface area contributed by atoms with E-state index in [1.165, 1.54) is 22.8 Å². The molecule has 1 aromatic carbocycles. The average molecular weight is 409 g/mol. The Hall–Kier alpha value is -2.10. The third-order valence-corrected chi connectivity index (χ3v) is 6.85. The first-order valence-electron chi connectivity index (χ1n) is 9.26. The molecule has 7 nitrogen and oxygen atoms in total. The van der Waals surface area contributed by atoms with Crippen LogP contribution in [0.2, 0.25) is 0 Å². The normalized spacial score (nSPS) is 16.2. The number of aromatic nitrogens is 2. The van der Waals surface area contributed by atoms with Gasteiger partial charge in [0.15, 0.2) is 0 Å². The number of rotatable bonds is 7. The monoisotopic (exact) mass is 409 g/mol. The van der Waals surface area contributed by atoms with Gasteiger partial charge in [-0.2, -0.15) is 0 Å². The van der Waals surface area contributed by atoms with Crippen LogP contribution in [0.15, 0.2) is 30.6 Å². The maximum atomic E-state index is 14.3. The van der Waals surface area contributed by atoms with Gasteiger partial charge in [-0.05, 0) is 25.7 Å². The standard InChI is InChI=1S/C19H24FN3O4S/c1-2-28(25,26)23-8-6-14(7-9-23)13-27-19-21-10-16(11-22-19)17-5-3-4-15(12-24)18(17)20/h3-5,10-11,14,24H,2,6-9,12-13H2,1H3. The highest BCUT2D eigenvalue weighted by Crippen LogP contribution is 2.25. The zero-order valence-corrected chi connectivity index (χ0v) is 16.5. The van der Waals surface area contributed by atoms with Crippen molar-refractivity contribution in [1.29, 1.82) is 0 Å². The zero-order valence-electron chi connectivity index (χ0n) is 15.7. The fraction of sp³-hybridized carbons (Fsp3) is 0.474. The van der Waals surface area contributed by atoms with Crippen LogP contribution in [0.5, 0.6) is 6.01 Å². The lowest BCUT2D eigenvalue weighted by Crippen LogP contribution is -2.40. The lowest BCUT2D eigenvalue weighted by Gasteiger charge is -2.30. The predicted octanol–water partition coefficient (Wildman–Crippen LogP) is 2.22. The third-order valence-electron chi connectivity index (χ3n) is 4.97. The number of ether oxygens (including phenoxy) is 1. The molecule has 0 saturated carbocycles. The van der Waals surface area contributed by atoms with E-state index in [1.54, 1.807) is 19.1 Å². The largest absolute Gasteiger partial charge is 0.463 e. The van der Waals surface area contributed by atoms with Crippen LogP contribution in [0.4, 0.5) is 4.39 Å². The summed E-state index contributed by atoms with van der Waals surface area (Å²) in [6.45, 7) is 2.69. The molecule has 1 aliphatic heterocycles. The van der Waals surface area contributed by atoms with Gasteiger partial charge in [0.25, 0.3) is 0 Å². The molecule has 0 bridgehead atoms. The number of sulfonamides is 1. The van der Waals surface area contributed by atoms with Crippen molar-refractivity contribution in [1.82, 2.24) is 14.3 Å². The van der Waals surface area contributed by atoms with E-state index in [-0.39, 0.29) is 29.9 Å². The summed E-state index contributed by atoms with van der Waals surface area (Å²) in [6.07, 6.45) is 4.43. The van der Waals surface area contributed by atoms with Gasteiger partial charge in [-0.1, -0.05) is 18.2 Å². The Morgan fingerprint density at radius 2 is 1.93 bits per heavy atom. The molecular formula is C19H24FN3O4S. The predicted molar refractivity (Wildman–Crippen MR) is 103 cm³/mol. The number of piperidine rings is 1. The molecule has 0 spiro atoms. The van der Waals surface area contributed by atoms with Crippen LogP contribution in [-0.4, -0.2) is 53.2 Å². The topological polar surface area (TPSA) is 92.6 Å². The highest BCUT2D eigenvalue weighted by Gasteiger charge is 2.27. The van der Waals surface area contributed by atoms with E-state index in [0.29, 0.717) is 30.8 Å². The first-order chi connectivity index (χ1) is 13.4. The van der Waals surface area contributed by atoms with Crippen molar-refractivity contribution in [2.24, 2.45) is 5.92 Å².